The maximum Gasteiger partial charge on any atom is 0.222 e. The second-order valence-electron chi connectivity index (χ2n) is 4.93. The Morgan fingerprint density at radius 3 is 2.65 bits per heavy atom. The lowest BCUT2D eigenvalue weighted by Crippen LogP contribution is -2.13. The molecular formula is C14H15N3O2S. The van der Waals surface area contributed by atoms with Crippen LogP contribution >= 0.6 is 0 Å². The van der Waals surface area contributed by atoms with Crippen molar-refractivity contribution >= 4 is 22.5 Å². The van der Waals surface area contributed by atoms with Gasteiger partial charge >= 0.3 is 0 Å². The number of anilines is 1. The third-order valence-electron chi connectivity index (χ3n) is 3.24. The Morgan fingerprint density at radius 2 is 2.00 bits per heavy atom. The molecule has 0 radical (unpaired) electrons. The second-order valence-corrected chi connectivity index (χ2v) is 6.39. The molecule has 0 saturated carbocycles. The molecular weight excluding hydrogens is 274 g/mol. The number of carbonyl (C=O) groups excluding carboxylic acids is 1. The molecule has 1 aromatic heterocycles. The van der Waals surface area contributed by atoms with Gasteiger partial charge in [0.25, 0.3) is 0 Å². The first kappa shape index (κ1) is 13.1. The van der Waals surface area contributed by atoms with Gasteiger partial charge in [-0.2, -0.15) is 5.10 Å². The third-order valence-corrected chi connectivity index (χ3v) is 4.45. The molecule has 0 aliphatic carbocycles. The molecule has 1 aromatic carbocycles. The van der Waals surface area contributed by atoms with Crippen LogP contribution in [0.15, 0.2) is 24.3 Å². The highest BCUT2D eigenvalue weighted by Gasteiger charge is 2.27. The number of hydrogen-bond acceptors (Lipinski definition) is 3. The van der Waals surface area contributed by atoms with E-state index in [0.717, 1.165) is 22.5 Å². The van der Waals surface area contributed by atoms with Crippen LogP contribution in [0.2, 0.25) is 0 Å². The lowest BCUT2D eigenvalue weighted by Gasteiger charge is -2.09. The summed E-state index contributed by atoms with van der Waals surface area (Å²) < 4.78 is 13.4. The van der Waals surface area contributed by atoms with Crippen LogP contribution in [0.4, 0.5) is 5.82 Å². The summed E-state index contributed by atoms with van der Waals surface area (Å²) in [5.41, 5.74) is 3.75. The lowest BCUT2D eigenvalue weighted by molar-refractivity contribution is -0.114. The van der Waals surface area contributed by atoms with Crippen LogP contribution < -0.4 is 5.32 Å². The van der Waals surface area contributed by atoms with Gasteiger partial charge in [-0.05, 0) is 19.1 Å². The molecule has 2 heterocycles. The van der Waals surface area contributed by atoms with Gasteiger partial charge < -0.3 is 5.32 Å². The van der Waals surface area contributed by atoms with Crippen LogP contribution in [-0.2, 0) is 27.1 Å². The van der Waals surface area contributed by atoms with Crippen molar-refractivity contribution in [3.8, 4) is 5.69 Å². The minimum atomic E-state index is -0.909. The molecule has 104 valence electrons. The van der Waals surface area contributed by atoms with E-state index < -0.39 is 10.8 Å². The Balaban J connectivity index is 2.11. The topological polar surface area (TPSA) is 64.0 Å². The summed E-state index contributed by atoms with van der Waals surface area (Å²) in [6, 6.07) is 7.91. The zero-order valence-corrected chi connectivity index (χ0v) is 12.2. The van der Waals surface area contributed by atoms with Crippen molar-refractivity contribution in [2.45, 2.75) is 25.4 Å². The number of fused-ring (bicyclic) bond motifs is 1. The molecule has 2 aromatic rings. The summed E-state index contributed by atoms with van der Waals surface area (Å²) in [7, 11) is -0.909. The number of nitrogens with one attached hydrogen (secondary N) is 1. The average Bonchev–Trinajstić information content (AvgIpc) is 2.88. The number of aromatic nitrogens is 2. The molecule has 0 unspecified atom stereocenters. The minimum absolute atomic E-state index is 0.154. The fourth-order valence-electron chi connectivity index (χ4n) is 2.30. The van der Waals surface area contributed by atoms with E-state index in [0.29, 0.717) is 17.3 Å². The van der Waals surface area contributed by atoms with E-state index in [2.05, 4.69) is 10.4 Å². The third kappa shape index (κ3) is 2.27. The van der Waals surface area contributed by atoms with Crippen LogP contribution in [0.5, 0.6) is 0 Å². The predicted molar refractivity (Wildman–Crippen MR) is 78.2 cm³/mol. The van der Waals surface area contributed by atoms with Gasteiger partial charge in [-0.15, -0.1) is 0 Å². The van der Waals surface area contributed by atoms with Crippen molar-refractivity contribution in [3.05, 3.63) is 41.1 Å². The Bertz CT molecular complexity index is 704. The summed E-state index contributed by atoms with van der Waals surface area (Å²) >= 11 is 0. The van der Waals surface area contributed by atoms with Crippen molar-refractivity contribution in [2.75, 3.05) is 5.32 Å². The van der Waals surface area contributed by atoms with Crippen molar-refractivity contribution in [1.29, 1.82) is 0 Å². The van der Waals surface area contributed by atoms with Crippen LogP contribution in [-0.4, -0.2) is 19.9 Å². The monoisotopic (exact) mass is 289 g/mol. The normalized spacial score (nSPS) is 17.0. The Labute approximate surface area is 119 Å². The molecule has 1 N–H and O–H groups in total. The smallest absolute Gasteiger partial charge is 0.222 e. The fourth-order valence-corrected chi connectivity index (χ4v) is 3.56. The Kier molecular flexibility index (Phi) is 3.17. The van der Waals surface area contributed by atoms with Crippen molar-refractivity contribution < 1.29 is 9.00 Å². The largest absolute Gasteiger partial charge is 0.311 e. The van der Waals surface area contributed by atoms with E-state index in [1.165, 1.54) is 6.92 Å². The zero-order chi connectivity index (χ0) is 14.3. The molecule has 6 heteroatoms. The lowest BCUT2D eigenvalue weighted by atomic mass is 10.2. The molecule has 0 spiro atoms. The van der Waals surface area contributed by atoms with E-state index in [-0.39, 0.29) is 5.91 Å². The van der Waals surface area contributed by atoms with E-state index in [4.69, 9.17) is 0 Å². The quantitative estimate of drug-likeness (QED) is 0.918. The van der Waals surface area contributed by atoms with Gasteiger partial charge in [0.15, 0.2) is 0 Å². The molecule has 3 rings (SSSR count). The van der Waals surface area contributed by atoms with Crippen molar-refractivity contribution in [2.24, 2.45) is 0 Å². The molecule has 20 heavy (non-hydrogen) atoms. The number of aryl methyl sites for hydroxylation is 1. The van der Waals surface area contributed by atoms with Gasteiger partial charge in [-0.25, -0.2) is 4.68 Å². The molecule has 1 aliphatic rings. The Morgan fingerprint density at radius 1 is 1.30 bits per heavy atom. The van der Waals surface area contributed by atoms with E-state index in [9.17, 15) is 9.00 Å². The molecule has 1 atom stereocenters. The zero-order valence-electron chi connectivity index (χ0n) is 11.3. The number of carbonyl (C=O) groups is 1. The minimum Gasteiger partial charge on any atom is -0.311 e. The summed E-state index contributed by atoms with van der Waals surface area (Å²) in [5.74, 6) is 1.40. The number of benzene rings is 1. The number of rotatable bonds is 2. The molecule has 0 saturated heterocycles. The van der Waals surface area contributed by atoms with Gasteiger partial charge in [0, 0.05) is 23.3 Å². The highest BCUT2D eigenvalue weighted by atomic mass is 32.2. The van der Waals surface area contributed by atoms with E-state index in [1.807, 2.05) is 31.2 Å². The molecule has 0 bridgehead atoms. The van der Waals surface area contributed by atoms with Gasteiger partial charge in [0.2, 0.25) is 5.91 Å². The molecule has 0 fully saturated rings. The van der Waals surface area contributed by atoms with Crippen LogP contribution in [0, 0.1) is 6.92 Å². The first-order valence-corrected chi connectivity index (χ1v) is 7.84. The van der Waals surface area contributed by atoms with Gasteiger partial charge in [-0.1, -0.05) is 17.7 Å². The highest BCUT2D eigenvalue weighted by Crippen LogP contribution is 2.31. The average molecular weight is 289 g/mol. The summed E-state index contributed by atoms with van der Waals surface area (Å²) in [6.07, 6.45) is 0. The first-order chi connectivity index (χ1) is 9.54. The van der Waals surface area contributed by atoms with E-state index in [1.54, 1.807) is 4.68 Å². The second kappa shape index (κ2) is 4.86. The van der Waals surface area contributed by atoms with Crippen LogP contribution in [0.25, 0.3) is 5.69 Å². The predicted octanol–water partition coefficient (Wildman–Crippen LogP) is 1.90. The summed E-state index contributed by atoms with van der Waals surface area (Å²) in [6.45, 7) is 3.48. The van der Waals surface area contributed by atoms with Gasteiger partial charge in [-0.3, -0.25) is 9.00 Å². The number of hydrogen-bond donors (Lipinski definition) is 1. The SMILES string of the molecule is CC(=O)Nc1c2c(nn1-c1ccc(C)cc1)C[S@](=O)C2. The van der Waals surface area contributed by atoms with E-state index >= 15 is 0 Å². The number of nitrogens with zero attached hydrogens (tertiary/aromatic N) is 2. The van der Waals surface area contributed by atoms with Gasteiger partial charge in [0.1, 0.15) is 5.82 Å². The summed E-state index contributed by atoms with van der Waals surface area (Å²) in [5, 5.41) is 7.32. The van der Waals surface area contributed by atoms with Crippen LogP contribution in [0.1, 0.15) is 23.7 Å². The maximum absolute atomic E-state index is 11.6. The van der Waals surface area contributed by atoms with Crippen LogP contribution in [0.3, 0.4) is 0 Å². The number of amides is 1. The van der Waals surface area contributed by atoms with Crippen molar-refractivity contribution in [3.63, 3.8) is 0 Å². The molecule has 1 aliphatic heterocycles. The highest BCUT2D eigenvalue weighted by molar-refractivity contribution is 7.83. The maximum atomic E-state index is 11.6. The standard InChI is InChI=1S/C14H15N3O2S/c1-9-3-5-11(6-4-9)17-14(15-10(2)18)12-7-20(19)8-13(12)16-17/h3-6H,7-8H2,1-2H3,(H,15,18)/t20-/m1/s1. The fraction of sp³-hybridized carbons (Fsp3) is 0.286. The first-order valence-electron chi connectivity index (χ1n) is 6.35. The van der Waals surface area contributed by atoms with Crippen molar-refractivity contribution in [1.82, 2.24) is 9.78 Å². The molecule has 5 nitrogen and oxygen atoms in total. The summed E-state index contributed by atoms with van der Waals surface area (Å²) in [4.78, 5) is 11.4. The van der Waals surface area contributed by atoms with Gasteiger partial charge in [0.05, 0.1) is 22.9 Å². The molecule has 1 amide bonds. The Hall–Kier alpha value is -1.95.